The number of hydrogen-bond donors (Lipinski definition) is 2. The monoisotopic (exact) mass is 260 g/mol. The normalized spacial score (nSPS) is 25.1. The molecule has 0 aromatic rings. The van der Waals surface area contributed by atoms with Crippen molar-refractivity contribution in [2.75, 3.05) is 19.6 Å². The van der Waals surface area contributed by atoms with Crippen LogP contribution in [0.15, 0.2) is 0 Å². The first-order valence-electron chi connectivity index (χ1n) is 6.71. The van der Waals surface area contributed by atoms with E-state index in [2.05, 4.69) is 17.6 Å². The minimum absolute atomic E-state index is 0. The second kappa shape index (κ2) is 6.60. The van der Waals surface area contributed by atoms with Crippen molar-refractivity contribution >= 4 is 18.3 Å². The third-order valence-electron chi connectivity index (χ3n) is 4.03. The van der Waals surface area contributed by atoms with Crippen LogP contribution in [-0.2, 0) is 4.79 Å². The fraction of sp³-hybridized carbons (Fsp3) is 0.923. The summed E-state index contributed by atoms with van der Waals surface area (Å²) in [7, 11) is 0. The highest BCUT2D eigenvalue weighted by molar-refractivity contribution is 5.85. The van der Waals surface area contributed by atoms with E-state index < -0.39 is 0 Å². The zero-order valence-electron chi connectivity index (χ0n) is 10.8. The Kier molecular flexibility index (Phi) is 5.74. The fourth-order valence-corrected chi connectivity index (χ4v) is 2.73. The van der Waals surface area contributed by atoms with Crippen molar-refractivity contribution in [3.05, 3.63) is 0 Å². The van der Waals surface area contributed by atoms with Crippen molar-refractivity contribution in [1.82, 2.24) is 10.6 Å². The molecule has 0 spiro atoms. The summed E-state index contributed by atoms with van der Waals surface area (Å²) in [6.45, 7) is 5.25. The van der Waals surface area contributed by atoms with Gasteiger partial charge in [-0.05, 0) is 50.1 Å². The zero-order valence-corrected chi connectivity index (χ0v) is 11.6. The maximum Gasteiger partial charge on any atom is 0.220 e. The van der Waals surface area contributed by atoms with E-state index in [4.69, 9.17) is 0 Å². The molecule has 100 valence electrons. The molecule has 0 aromatic carbocycles. The first kappa shape index (κ1) is 14.8. The molecule has 2 aliphatic rings. The number of rotatable bonds is 6. The van der Waals surface area contributed by atoms with Crippen LogP contribution in [0, 0.1) is 11.3 Å². The van der Waals surface area contributed by atoms with E-state index in [1.165, 1.54) is 25.7 Å². The lowest BCUT2D eigenvalue weighted by atomic mass is 10.00. The molecule has 3 nitrogen and oxygen atoms in total. The SMILES string of the molecule is CCCC1(CNC(=O)CC2CCNC2)CC1.Cl. The summed E-state index contributed by atoms with van der Waals surface area (Å²) in [6, 6.07) is 0. The first-order valence-corrected chi connectivity index (χ1v) is 6.71. The smallest absolute Gasteiger partial charge is 0.220 e. The lowest BCUT2D eigenvalue weighted by Crippen LogP contribution is -2.31. The van der Waals surface area contributed by atoms with Crippen LogP contribution in [0.4, 0.5) is 0 Å². The second-order valence-electron chi connectivity index (χ2n) is 5.59. The van der Waals surface area contributed by atoms with Gasteiger partial charge in [0.2, 0.25) is 5.91 Å². The summed E-state index contributed by atoms with van der Waals surface area (Å²) in [5.41, 5.74) is 0.484. The Balaban J connectivity index is 0.00000144. The van der Waals surface area contributed by atoms with Gasteiger partial charge < -0.3 is 10.6 Å². The van der Waals surface area contributed by atoms with Gasteiger partial charge in [0.05, 0.1) is 0 Å². The van der Waals surface area contributed by atoms with Crippen LogP contribution in [0.3, 0.4) is 0 Å². The Hall–Kier alpha value is -0.280. The van der Waals surface area contributed by atoms with Crippen LogP contribution in [0.5, 0.6) is 0 Å². The minimum atomic E-state index is 0. The molecule has 4 heteroatoms. The van der Waals surface area contributed by atoms with Gasteiger partial charge in [-0.2, -0.15) is 0 Å². The highest BCUT2D eigenvalue weighted by Crippen LogP contribution is 2.48. The topological polar surface area (TPSA) is 41.1 Å². The van der Waals surface area contributed by atoms with Gasteiger partial charge in [0.25, 0.3) is 0 Å². The number of amides is 1. The molecule has 0 aromatic heterocycles. The van der Waals surface area contributed by atoms with Crippen molar-refractivity contribution in [2.24, 2.45) is 11.3 Å². The second-order valence-corrected chi connectivity index (χ2v) is 5.59. The van der Waals surface area contributed by atoms with Crippen LogP contribution in [0.2, 0.25) is 0 Å². The third kappa shape index (κ3) is 4.47. The Bertz CT molecular complexity index is 248. The molecule has 0 bridgehead atoms. The van der Waals surface area contributed by atoms with Gasteiger partial charge >= 0.3 is 0 Å². The maximum absolute atomic E-state index is 11.7. The van der Waals surface area contributed by atoms with Gasteiger partial charge in [-0.25, -0.2) is 0 Å². The number of carbonyl (C=O) groups excluding carboxylic acids is 1. The summed E-state index contributed by atoms with van der Waals surface area (Å²) in [5.74, 6) is 0.831. The van der Waals surface area contributed by atoms with Crippen molar-refractivity contribution in [1.29, 1.82) is 0 Å². The molecule has 1 heterocycles. The average molecular weight is 261 g/mol. The summed E-state index contributed by atoms with van der Waals surface area (Å²) >= 11 is 0. The van der Waals surface area contributed by atoms with Crippen LogP contribution < -0.4 is 10.6 Å². The third-order valence-corrected chi connectivity index (χ3v) is 4.03. The summed E-state index contributed by atoms with van der Waals surface area (Å²) in [6.07, 6.45) is 7.02. The van der Waals surface area contributed by atoms with E-state index in [0.29, 0.717) is 11.3 Å². The minimum Gasteiger partial charge on any atom is -0.356 e. The number of carbonyl (C=O) groups is 1. The Morgan fingerprint density at radius 1 is 1.47 bits per heavy atom. The Morgan fingerprint density at radius 3 is 2.76 bits per heavy atom. The zero-order chi connectivity index (χ0) is 11.4. The highest BCUT2D eigenvalue weighted by Gasteiger charge is 2.41. The van der Waals surface area contributed by atoms with E-state index in [-0.39, 0.29) is 18.3 Å². The Morgan fingerprint density at radius 2 is 2.24 bits per heavy atom. The van der Waals surface area contributed by atoms with Gasteiger partial charge in [-0.1, -0.05) is 13.3 Å². The molecular formula is C13H25ClN2O. The Labute approximate surface area is 111 Å². The molecule has 17 heavy (non-hydrogen) atoms. The molecule has 1 atom stereocenters. The molecule has 1 saturated carbocycles. The van der Waals surface area contributed by atoms with Crippen molar-refractivity contribution in [3.63, 3.8) is 0 Å². The summed E-state index contributed by atoms with van der Waals surface area (Å²) in [5, 5.41) is 6.43. The van der Waals surface area contributed by atoms with E-state index in [9.17, 15) is 4.79 Å². The lowest BCUT2D eigenvalue weighted by Gasteiger charge is -2.16. The molecule has 1 saturated heterocycles. The van der Waals surface area contributed by atoms with Gasteiger partial charge in [0, 0.05) is 13.0 Å². The predicted molar refractivity (Wildman–Crippen MR) is 72.4 cm³/mol. The van der Waals surface area contributed by atoms with Gasteiger partial charge in [-0.3, -0.25) is 4.79 Å². The molecule has 2 fully saturated rings. The van der Waals surface area contributed by atoms with Crippen LogP contribution in [-0.4, -0.2) is 25.5 Å². The van der Waals surface area contributed by atoms with Gasteiger partial charge in [-0.15, -0.1) is 12.4 Å². The standard InChI is InChI=1S/C13H24N2O.ClH/c1-2-4-13(5-6-13)10-15-12(16)8-11-3-7-14-9-11;/h11,14H,2-10H2,1H3,(H,15,16);1H. The fourth-order valence-electron chi connectivity index (χ4n) is 2.73. The molecule has 1 unspecified atom stereocenters. The molecule has 2 rings (SSSR count). The van der Waals surface area contributed by atoms with E-state index in [1.54, 1.807) is 0 Å². The number of hydrogen-bond acceptors (Lipinski definition) is 2. The van der Waals surface area contributed by atoms with Crippen molar-refractivity contribution in [2.45, 2.75) is 45.4 Å². The summed E-state index contributed by atoms with van der Waals surface area (Å²) in [4.78, 5) is 11.7. The van der Waals surface area contributed by atoms with Crippen molar-refractivity contribution < 1.29 is 4.79 Å². The van der Waals surface area contributed by atoms with Crippen LogP contribution >= 0.6 is 12.4 Å². The quantitative estimate of drug-likeness (QED) is 0.768. The van der Waals surface area contributed by atoms with Gasteiger partial charge in [0.15, 0.2) is 0 Å². The molecule has 1 amide bonds. The molecule has 2 N–H and O–H groups in total. The predicted octanol–water partition coefficient (Wildman–Crippen LogP) is 2.10. The van der Waals surface area contributed by atoms with Gasteiger partial charge in [0.1, 0.15) is 0 Å². The van der Waals surface area contributed by atoms with E-state index in [0.717, 1.165) is 32.5 Å². The van der Waals surface area contributed by atoms with Crippen molar-refractivity contribution in [3.8, 4) is 0 Å². The molecule has 1 aliphatic heterocycles. The maximum atomic E-state index is 11.7. The largest absolute Gasteiger partial charge is 0.356 e. The first-order chi connectivity index (χ1) is 7.74. The lowest BCUT2D eigenvalue weighted by molar-refractivity contribution is -0.122. The molecular weight excluding hydrogens is 236 g/mol. The highest BCUT2D eigenvalue weighted by atomic mass is 35.5. The average Bonchev–Trinajstić information content (AvgIpc) is 2.83. The summed E-state index contributed by atoms with van der Waals surface area (Å²) < 4.78 is 0. The molecule has 1 aliphatic carbocycles. The van der Waals surface area contributed by atoms with E-state index in [1.807, 2.05) is 0 Å². The van der Waals surface area contributed by atoms with E-state index >= 15 is 0 Å². The van der Waals surface area contributed by atoms with Crippen LogP contribution in [0.25, 0.3) is 0 Å². The number of nitrogens with one attached hydrogen (secondary N) is 2. The van der Waals surface area contributed by atoms with Crippen LogP contribution in [0.1, 0.15) is 45.4 Å². The molecule has 0 radical (unpaired) electrons. The number of halogens is 1.